The van der Waals surface area contributed by atoms with Gasteiger partial charge in [0.1, 0.15) is 10.8 Å². The Morgan fingerprint density at radius 3 is 2.16 bits per heavy atom. The average molecular weight is 318 g/mol. The molecular formula is C13H7Cl3O3. The summed E-state index contributed by atoms with van der Waals surface area (Å²) in [7, 11) is 0. The third-order valence-electron chi connectivity index (χ3n) is 2.53. The van der Waals surface area contributed by atoms with Crippen LogP contribution in [0.5, 0.6) is 11.5 Å². The van der Waals surface area contributed by atoms with Gasteiger partial charge in [0.2, 0.25) is 0 Å². The number of aromatic hydroxyl groups is 2. The van der Waals surface area contributed by atoms with Gasteiger partial charge in [-0.05, 0) is 18.2 Å². The Morgan fingerprint density at radius 2 is 1.53 bits per heavy atom. The number of halogens is 3. The summed E-state index contributed by atoms with van der Waals surface area (Å²) in [6, 6.07) is 7.52. The van der Waals surface area contributed by atoms with Crippen LogP contribution < -0.4 is 0 Å². The van der Waals surface area contributed by atoms with Gasteiger partial charge < -0.3 is 10.2 Å². The molecule has 0 unspecified atom stereocenters. The second-order valence-electron chi connectivity index (χ2n) is 3.73. The van der Waals surface area contributed by atoms with Crippen molar-refractivity contribution in [2.75, 3.05) is 0 Å². The molecule has 0 fully saturated rings. The van der Waals surface area contributed by atoms with Crippen LogP contribution in [0.25, 0.3) is 0 Å². The van der Waals surface area contributed by atoms with Crippen LogP contribution in [0, 0.1) is 0 Å². The van der Waals surface area contributed by atoms with Crippen molar-refractivity contribution >= 4 is 40.6 Å². The third-order valence-corrected chi connectivity index (χ3v) is 3.51. The van der Waals surface area contributed by atoms with E-state index >= 15 is 0 Å². The standard InChI is InChI=1S/C13H7Cl3O3/c14-8-4-2-1-3-6(8)11(17)7-5-9(15)13(19)10(16)12(7)18/h1-5,18-19H. The molecule has 0 aliphatic heterocycles. The van der Waals surface area contributed by atoms with E-state index in [1.54, 1.807) is 18.2 Å². The van der Waals surface area contributed by atoms with Gasteiger partial charge in [0.25, 0.3) is 0 Å². The molecule has 0 heterocycles. The Bertz CT molecular complexity index is 668. The molecule has 0 aliphatic carbocycles. The molecule has 0 aromatic heterocycles. The number of hydrogen-bond donors (Lipinski definition) is 2. The number of carbonyl (C=O) groups is 1. The number of hydrogen-bond acceptors (Lipinski definition) is 3. The van der Waals surface area contributed by atoms with Gasteiger partial charge in [-0.25, -0.2) is 0 Å². The van der Waals surface area contributed by atoms with Gasteiger partial charge in [0.05, 0.1) is 15.6 Å². The lowest BCUT2D eigenvalue weighted by atomic mass is 10.0. The van der Waals surface area contributed by atoms with E-state index in [-0.39, 0.29) is 26.2 Å². The Hall–Kier alpha value is -1.42. The second kappa shape index (κ2) is 5.29. The molecule has 2 rings (SSSR count). The number of phenols is 2. The van der Waals surface area contributed by atoms with E-state index in [9.17, 15) is 15.0 Å². The zero-order chi connectivity index (χ0) is 14.2. The third kappa shape index (κ3) is 2.50. The van der Waals surface area contributed by atoms with Crippen LogP contribution in [0.15, 0.2) is 30.3 Å². The predicted octanol–water partition coefficient (Wildman–Crippen LogP) is 4.29. The molecule has 0 amide bonds. The first-order chi connectivity index (χ1) is 8.93. The van der Waals surface area contributed by atoms with Crippen LogP contribution in [0.3, 0.4) is 0 Å². The van der Waals surface area contributed by atoms with Crippen molar-refractivity contribution in [3.05, 3.63) is 56.5 Å². The highest BCUT2D eigenvalue weighted by Crippen LogP contribution is 2.41. The monoisotopic (exact) mass is 316 g/mol. The Balaban J connectivity index is 2.61. The highest BCUT2D eigenvalue weighted by molar-refractivity contribution is 6.40. The van der Waals surface area contributed by atoms with Gasteiger partial charge in [0.15, 0.2) is 11.5 Å². The summed E-state index contributed by atoms with van der Waals surface area (Å²) in [5, 5.41) is 19.0. The van der Waals surface area contributed by atoms with Crippen LogP contribution in [-0.4, -0.2) is 16.0 Å². The molecule has 98 valence electrons. The maximum atomic E-state index is 12.3. The van der Waals surface area contributed by atoms with E-state index in [4.69, 9.17) is 34.8 Å². The van der Waals surface area contributed by atoms with Gasteiger partial charge in [-0.1, -0.05) is 46.9 Å². The summed E-state index contributed by atoms with van der Waals surface area (Å²) >= 11 is 17.3. The van der Waals surface area contributed by atoms with Crippen LogP contribution in [0.1, 0.15) is 15.9 Å². The quantitative estimate of drug-likeness (QED) is 0.812. The molecule has 2 aromatic rings. The smallest absolute Gasteiger partial charge is 0.198 e. The molecule has 0 aliphatic rings. The first-order valence-corrected chi connectivity index (χ1v) is 6.26. The highest BCUT2D eigenvalue weighted by atomic mass is 35.5. The van der Waals surface area contributed by atoms with E-state index in [0.29, 0.717) is 0 Å². The molecule has 0 spiro atoms. The zero-order valence-corrected chi connectivity index (χ0v) is 11.6. The lowest BCUT2D eigenvalue weighted by Gasteiger charge is -2.09. The van der Waals surface area contributed by atoms with Crippen LogP contribution in [0.2, 0.25) is 15.1 Å². The van der Waals surface area contributed by atoms with Gasteiger partial charge in [-0.2, -0.15) is 0 Å². The van der Waals surface area contributed by atoms with Crippen molar-refractivity contribution in [1.82, 2.24) is 0 Å². The summed E-state index contributed by atoms with van der Waals surface area (Å²) < 4.78 is 0. The number of ketones is 1. The molecule has 2 aromatic carbocycles. The Kier molecular flexibility index (Phi) is 3.90. The topological polar surface area (TPSA) is 57.5 Å². The summed E-state index contributed by atoms with van der Waals surface area (Å²) in [6.07, 6.45) is 0. The minimum atomic E-state index is -0.535. The van der Waals surface area contributed by atoms with Crippen molar-refractivity contribution in [2.24, 2.45) is 0 Å². The number of benzene rings is 2. The van der Waals surface area contributed by atoms with Gasteiger partial charge in [-0.15, -0.1) is 0 Å². The van der Waals surface area contributed by atoms with Gasteiger partial charge >= 0.3 is 0 Å². The van der Waals surface area contributed by atoms with Crippen LogP contribution in [0.4, 0.5) is 0 Å². The maximum absolute atomic E-state index is 12.3. The summed E-state index contributed by atoms with van der Waals surface area (Å²) in [5.74, 6) is -1.54. The van der Waals surface area contributed by atoms with Crippen molar-refractivity contribution in [1.29, 1.82) is 0 Å². The first kappa shape index (κ1) is 14.0. The van der Waals surface area contributed by atoms with Crippen molar-refractivity contribution in [3.8, 4) is 11.5 Å². The fourth-order valence-corrected chi connectivity index (χ4v) is 2.24. The lowest BCUT2D eigenvalue weighted by molar-refractivity contribution is 0.103. The predicted molar refractivity (Wildman–Crippen MR) is 74.7 cm³/mol. The van der Waals surface area contributed by atoms with Crippen molar-refractivity contribution in [2.45, 2.75) is 0 Å². The molecule has 0 saturated heterocycles. The largest absolute Gasteiger partial charge is 0.505 e. The Labute approximate surface area is 124 Å². The Morgan fingerprint density at radius 1 is 0.895 bits per heavy atom. The molecule has 6 heteroatoms. The van der Waals surface area contributed by atoms with E-state index in [1.807, 2.05) is 0 Å². The fourth-order valence-electron chi connectivity index (χ4n) is 1.56. The highest BCUT2D eigenvalue weighted by Gasteiger charge is 2.22. The first-order valence-electron chi connectivity index (χ1n) is 5.12. The van der Waals surface area contributed by atoms with E-state index < -0.39 is 17.3 Å². The SMILES string of the molecule is O=C(c1ccccc1Cl)c1cc(Cl)c(O)c(Cl)c1O. The lowest BCUT2D eigenvalue weighted by Crippen LogP contribution is -2.03. The van der Waals surface area contributed by atoms with E-state index in [2.05, 4.69) is 0 Å². The van der Waals surface area contributed by atoms with Crippen molar-refractivity contribution in [3.63, 3.8) is 0 Å². The zero-order valence-electron chi connectivity index (χ0n) is 9.32. The second-order valence-corrected chi connectivity index (χ2v) is 4.92. The normalized spacial score (nSPS) is 10.5. The van der Waals surface area contributed by atoms with E-state index in [1.165, 1.54) is 6.07 Å². The molecule has 0 atom stereocenters. The van der Waals surface area contributed by atoms with Crippen LogP contribution >= 0.6 is 34.8 Å². The molecule has 3 nitrogen and oxygen atoms in total. The molecule has 19 heavy (non-hydrogen) atoms. The summed E-state index contributed by atoms with van der Waals surface area (Å²) in [6.45, 7) is 0. The van der Waals surface area contributed by atoms with Crippen molar-refractivity contribution < 1.29 is 15.0 Å². The summed E-state index contributed by atoms with van der Waals surface area (Å²) in [5.41, 5.74) is 0.0817. The number of phenolic OH excluding ortho intramolecular Hbond substituents is 2. The molecule has 2 N–H and O–H groups in total. The maximum Gasteiger partial charge on any atom is 0.198 e. The van der Waals surface area contributed by atoms with Crippen LogP contribution in [-0.2, 0) is 0 Å². The minimum Gasteiger partial charge on any atom is -0.505 e. The molecule has 0 radical (unpaired) electrons. The van der Waals surface area contributed by atoms with Gasteiger partial charge in [-0.3, -0.25) is 4.79 Å². The molecule has 0 bridgehead atoms. The van der Waals surface area contributed by atoms with E-state index in [0.717, 1.165) is 6.07 Å². The number of rotatable bonds is 2. The molecular weight excluding hydrogens is 310 g/mol. The molecule has 0 saturated carbocycles. The fraction of sp³-hybridized carbons (Fsp3) is 0. The number of carbonyl (C=O) groups excluding carboxylic acids is 1. The average Bonchev–Trinajstić information content (AvgIpc) is 2.40. The minimum absolute atomic E-state index is 0.124. The summed E-state index contributed by atoms with van der Waals surface area (Å²) in [4.78, 5) is 12.3. The van der Waals surface area contributed by atoms with Gasteiger partial charge in [0, 0.05) is 5.56 Å².